The molecule has 0 bridgehead atoms. The number of likely N-dealkylation sites (tertiary alicyclic amines) is 1. The predicted molar refractivity (Wildman–Crippen MR) is 96.6 cm³/mol. The molecule has 0 spiro atoms. The van der Waals surface area contributed by atoms with Crippen LogP contribution in [-0.2, 0) is 0 Å². The molecule has 0 radical (unpaired) electrons. The lowest BCUT2D eigenvalue weighted by Gasteiger charge is -2.32. The Balaban J connectivity index is 0.00000182. The van der Waals surface area contributed by atoms with E-state index in [9.17, 15) is 4.79 Å². The molecule has 1 amide bonds. The van der Waals surface area contributed by atoms with Gasteiger partial charge in [-0.25, -0.2) is 0 Å². The molecule has 1 aromatic heterocycles. The van der Waals surface area contributed by atoms with Crippen LogP contribution in [0.15, 0.2) is 35.2 Å². The van der Waals surface area contributed by atoms with Crippen LogP contribution >= 0.6 is 12.4 Å². The first kappa shape index (κ1) is 17.9. The molecule has 134 valence electrons. The fraction of sp³-hybridized carbons (Fsp3) is 0.500. The van der Waals surface area contributed by atoms with E-state index >= 15 is 0 Å². The number of halogens is 1. The SMILES string of the molecule is Cl.O=C(c1ccc(-c2ncon2)cc1)N1CCC(NCC2CC2)CC1. The van der Waals surface area contributed by atoms with Gasteiger partial charge in [-0.2, -0.15) is 4.98 Å². The molecular formula is C18H23ClN4O2. The van der Waals surface area contributed by atoms with Crippen molar-refractivity contribution in [2.75, 3.05) is 19.6 Å². The normalized spacial score (nSPS) is 18.0. The molecule has 1 aliphatic heterocycles. The predicted octanol–water partition coefficient (Wildman–Crippen LogP) is 2.76. The Kier molecular flexibility index (Phi) is 5.71. The summed E-state index contributed by atoms with van der Waals surface area (Å²) in [5.41, 5.74) is 1.56. The number of piperidine rings is 1. The van der Waals surface area contributed by atoms with Crippen LogP contribution in [0, 0.1) is 5.92 Å². The summed E-state index contributed by atoms with van der Waals surface area (Å²) in [6.07, 6.45) is 6.14. The standard InChI is InChI=1S/C18H22N4O2.ClH/c23-18(15-5-3-14(4-6-15)17-20-12-24-21-17)22-9-7-16(8-10-22)19-11-13-1-2-13;/h3-6,12-13,16,19H,1-2,7-11H2;1H. The Labute approximate surface area is 153 Å². The number of amides is 1. The van der Waals surface area contributed by atoms with Crippen LogP contribution in [0.1, 0.15) is 36.0 Å². The first-order valence-electron chi connectivity index (χ1n) is 8.69. The summed E-state index contributed by atoms with van der Waals surface area (Å²) in [5, 5.41) is 7.45. The molecule has 1 N–H and O–H groups in total. The van der Waals surface area contributed by atoms with E-state index in [1.54, 1.807) is 0 Å². The van der Waals surface area contributed by atoms with E-state index in [1.807, 2.05) is 29.2 Å². The average Bonchev–Trinajstić information content (AvgIpc) is 3.31. The van der Waals surface area contributed by atoms with Crippen molar-refractivity contribution in [2.45, 2.75) is 31.7 Å². The van der Waals surface area contributed by atoms with Crippen molar-refractivity contribution < 1.29 is 9.32 Å². The van der Waals surface area contributed by atoms with Gasteiger partial charge in [0.25, 0.3) is 5.91 Å². The lowest BCUT2D eigenvalue weighted by Crippen LogP contribution is -2.45. The van der Waals surface area contributed by atoms with Gasteiger partial charge in [-0.05, 0) is 50.3 Å². The maximum Gasteiger partial charge on any atom is 0.253 e. The topological polar surface area (TPSA) is 71.3 Å². The molecule has 7 heteroatoms. The van der Waals surface area contributed by atoms with E-state index in [4.69, 9.17) is 4.52 Å². The third-order valence-electron chi connectivity index (χ3n) is 4.93. The Morgan fingerprint density at radius 1 is 1.16 bits per heavy atom. The molecule has 2 fully saturated rings. The number of aromatic nitrogens is 2. The van der Waals surface area contributed by atoms with Crippen molar-refractivity contribution in [1.82, 2.24) is 20.4 Å². The van der Waals surface area contributed by atoms with Gasteiger partial charge in [-0.3, -0.25) is 4.79 Å². The molecule has 25 heavy (non-hydrogen) atoms. The quantitative estimate of drug-likeness (QED) is 0.885. The maximum atomic E-state index is 12.6. The van der Waals surface area contributed by atoms with Crippen molar-refractivity contribution >= 4 is 18.3 Å². The highest BCUT2D eigenvalue weighted by Gasteiger charge is 2.26. The number of nitrogens with one attached hydrogen (secondary N) is 1. The van der Waals surface area contributed by atoms with Crippen LogP contribution in [0.3, 0.4) is 0 Å². The highest BCUT2D eigenvalue weighted by molar-refractivity contribution is 5.94. The molecule has 1 saturated heterocycles. The Morgan fingerprint density at radius 3 is 2.48 bits per heavy atom. The Bertz CT molecular complexity index is 678. The fourth-order valence-electron chi connectivity index (χ4n) is 3.18. The molecule has 4 rings (SSSR count). The van der Waals surface area contributed by atoms with Gasteiger partial charge in [0.2, 0.25) is 12.2 Å². The molecule has 0 unspecified atom stereocenters. The summed E-state index contributed by atoms with van der Waals surface area (Å²) >= 11 is 0. The van der Waals surface area contributed by atoms with E-state index in [-0.39, 0.29) is 18.3 Å². The number of hydrogen-bond donors (Lipinski definition) is 1. The molecule has 6 nitrogen and oxygen atoms in total. The average molecular weight is 363 g/mol. The summed E-state index contributed by atoms with van der Waals surface area (Å²) in [6, 6.07) is 7.97. The molecule has 1 aromatic carbocycles. The summed E-state index contributed by atoms with van der Waals surface area (Å²) in [5.74, 6) is 1.55. The van der Waals surface area contributed by atoms with Gasteiger partial charge in [-0.15, -0.1) is 12.4 Å². The maximum absolute atomic E-state index is 12.6. The number of carbonyl (C=O) groups is 1. The van der Waals surface area contributed by atoms with Crippen molar-refractivity contribution in [3.63, 3.8) is 0 Å². The number of carbonyl (C=O) groups excluding carboxylic acids is 1. The van der Waals surface area contributed by atoms with Gasteiger partial charge in [0.15, 0.2) is 0 Å². The van der Waals surface area contributed by atoms with E-state index in [0.717, 1.165) is 44.0 Å². The van der Waals surface area contributed by atoms with Gasteiger partial charge < -0.3 is 14.7 Å². The minimum Gasteiger partial charge on any atom is -0.342 e. The zero-order valence-corrected chi connectivity index (χ0v) is 14.9. The zero-order chi connectivity index (χ0) is 16.4. The molecule has 1 aliphatic carbocycles. The van der Waals surface area contributed by atoms with Crippen molar-refractivity contribution in [3.8, 4) is 11.4 Å². The minimum atomic E-state index is 0. The van der Waals surface area contributed by atoms with Crippen LogP contribution in [0.5, 0.6) is 0 Å². The third-order valence-corrected chi connectivity index (χ3v) is 4.93. The van der Waals surface area contributed by atoms with E-state index in [0.29, 0.717) is 17.4 Å². The number of benzene rings is 1. The van der Waals surface area contributed by atoms with Crippen molar-refractivity contribution in [3.05, 3.63) is 36.2 Å². The van der Waals surface area contributed by atoms with E-state index < -0.39 is 0 Å². The lowest BCUT2D eigenvalue weighted by molar-refractivity contribution is 0.0705. The van der Waals surface area contributed by atoms with E-state index in [2.05, 4.69) is 15.5 Å². The van der Waals surface area contributed by atoms with Crippen LogP contribution < -0.4 is 5.32 Å². The van der Waals surface area contributed by atoms with Gasteiger partial charge >= 0.3 is 0 Å². The second-order valence-electron chi connectivity index (χ2n) is 6.75. The van der Waals surface area contributed by atoms with Crippen LogP contribution in [0.4, 0.5) is 0 Å². The van der Waals surface area contributed by atoms with Gasteiger partial charge in [0.05, 0.1) is 0 Å². The van der Waals surface area contributed by atoms with Crippen LogP contribution in [0.2, 0.25) is 0 Å². The van der Waals surface area contributed by atoms with Gasteiger partial charge in [0, 0.05) is 30.3 Å². The Hall–Kier alpha value is -1.92. The number of nitrogens with zero attached hydrogens (tertiary/aromatic N) is 3. The summed E-state index contributed by atoms with van der Waals surface area (Å²) in [7, 11) is 0. The molecule has 0 atom stereocenters. The van der Waals surface area contributed by atoms with Gasteiger partial charge in [0.1, 0.15) is 0 Å². The first-order valence-corrected chi connectivity index (χ1v) is 8.69. The highest BCUT2D eigenvalue weighted by Crippen LogP contribution is 2.28. The zero-order valence-electron chi connectivity index (χ0n) is 14.1. The smallest absolute Gasteiger partial charge is 0.253 e. The fourth-order valence-corrected chi connectivity index (χ4v) is 3.18. The molecule has 2 aromatic rings. The van der Waals surface area contributed by atoms with Crippen molar-refractivity contribution in [1.29, 1.82) is 0 Å². The van der Waals surface area contributed by atoms with Crippen LogP contribution in [-0.4, -0.2) is 46.6 Å². The summed E-state index contributed by atoms with van der Waals surface area (Å²) in [6.45, 7) is 2.80. The highest BCUT2D eigenvalue weighted by atomic mass is 35.5. The minimum absolute atomic E-state index is 0. The Morgan fingerprint density at radius 2 is 1.88 bits per heavy atom. The molecular weight excluding hydrogens is 340 g/mol. The van der Waals surface area contributed by atoms with Crippen LogP contribution in [0.25, 0.3) is 11.4 Å². The summed E-state index contributed by atoms with van der Waals surface area (Å²) in [4.78, 5) is 18.6. The second-order valence-corrected chi connectivity index (χ2v) is 6.75. The molecule has 2 heterocycles. The van der Waals surface area contributed by atoms with Gasteiger partial charge in [-0.1, -0.05) is 17.3 Å². The molecule has 1 saturated carbocycles. The monoisotopic (exact) mass is 362 g/mol. The number of rotatable bonds is 5. The van der Waals surface area contributed by atoms with Crippen molar-refractivity contribution in [2.24, 2.45) is 5.92 Å². The second kappa shape index (κ2) is 7.97. The number of hydrogen-bond acceptors (Lipinski definition) is 5. The summed E-state index contributed by atoms with van der Waals surface area (Å²) < 4.78 is 4.75. The lowest BCUT2D eigenvalue weighted by atomic mass is 10.0. The van der Waals surface area contributed by atoms with E-state index in [1.165, 1.54) is 19.2 Å². The third kappa shape index (κ3) is 4.38. The first-order chi connectivity index (χ1) is 11.8. The molecule has 2 aliphatic rings. The largest absolute Gasteiger partial charge is 0.342 e.